The van der Waals surface area contributed by atoms with Crippen LogP contribution >= 0.6 is 0 Å². The highest BCUT2D eigenvalue weighted by Crippen LogP contribution is 2.37. The Kier molecular flexibility index (Phi) is 10.6. The summed E-state index contributed by atoms with van der Waals surface area (Å²) in [6, 6.07) is 3.57. The zero-order chi connectivity index (χ0) is 26.8. The number of nitrogens with two attached hydrogens (primary N) is 1. The maximum atomic E-state index is 14.2. The Morgan fingerprint density at radius 1 is 1.35 bits per heavy atom. The second kappa shape index (κ2) is 13.9. The number of piperidine rings is 1. The van der Waals surface area contributed by atoms with Crippen LogP contribution in [0.5, 0.6) is 0 Å². The first-order chi connectivity index (χ1) is 17.9. The molecule has 0 bridgehead atoms. The van der Waals surface area contributed by atoms with Gasteiger partial charge in [0.1, 0.15) is 5.84 Å². The molecule has 0 aromatic heterocycles. The van der Waals surface area contributed by atoms with Crippen molar-refractivity contribution in [3.8, 4) is 0 Å². The number of halogens is 2. The zero-order valence-corrected chi connectivity index (χ0v) is 21.7. The van der Waals surface area contributed by atoms with Gasteiger partial charge >= 0.3 is 0 Å². The molecule has 6 N–H and O–H groups in total. The van der Waals surface area contributed by atoms with Crippen molar-refractivity contribution in [2.24, 2.45) is 10.7 Å². The normalized spacial score (nSPS) is 17.5. The van der Waals surface area contributed by atoms with Gasteiger partial charge in [-0.1, -0.05) is 6.92 Å². The van der Waals surface area contributed by atoms with E-state index in [1.807, 2.05) is 11.8 Å². The maximum absolute atomic E-state index is 14.2. The quantitative estimate of drug-likeness (QED) is 0.134. The van der Waals surface area contributed by atoms with Gasteiger partial charge < -0.3 is 26.6 Å². The average molecular weight is 516 g/mol. The Hall–Kier alpha value is -3.27. The zero-order valence-electron chi connectivity index (χ0n) is 21.7. The lowest BCUT2D eigenvalue weighted by molar-refractivity contribution is -0.109. The number of alkyl halides is 2. The first kappa shape index (κ1) is 28.3. The van der Waals surface area contributed by atoms with Crippen molar-refractivity contribution in [1.82, 2.24) is 16.0 Å². The average Bonchev–Trinajstić information content (AvgIpc) is 2.91. The molecule has 1 aromatic carbocycles. The van der Waals surface area contributed by atoms with Crippen molar-refractivity contribution in [2.45, 2.75) is 57.9 Å². The topological polar surface area (TPSA) is 119 Å². The molecule has 1 amide bonds. The Morgan fingerprint density at radius 2 is 2.11 bits per heavy atom. The third-order valence-corrected chi connectivity index (χ3v) is 6.96. The Labute approximate surface area is 218 Å². The summed E-state index contributed by atoms with van der Waals surface area (Å²) in [7, 11) is 1.58. The van der Waals surface area contributed by atoms with Crippen LogP contribution < -0.4 is 26.6 Å². The van der Waals surface area contributed by atoms with Gasteiger partial charge in [0.15, 0.2) is 0 Å². The Bertz CT molecular complexity index is 1050. The number of benzene rings is 1. The monoisotopic (exact) mass is 515 g/mol. The molecule has 8 nitrogen and oxygen atoms in total. The van der Waals surface area contributed by atoms with E-state index in [2.05, 4.69) is 20.9 Å². The van der Waals surface area contributed by atoms with Crippen LogP contribution in [0.15, 0.2) is 34.6 Å². The minimum absolute atomic E-state index is 0.125. The van der Waals surface area contributed by atoms with Crippen LogP contribution in [0, 0.1) is 5.41 Å². The number of amides is 1. The summed E-state index contributed by atoms with van der Waals surface area (Å²) >= 11 is 0. The summed E-state index contributed by atoms with van der Waals surface area (Å²) in [6.45, 7) is 4.88. The fourth-order valence-corrected chi connectivity index (χ4v) is 5.12. The number of aryl methyl sites for hydroxylation is 1. The molecule has 0 spiro atoms. The largest absolute Gasteiger partial charge is 0.404 e. The number of anilines is 1. The smallest absolute Gasteiger partial charge is 0.264 e. The third-order valence-electron chi connectivity index (χ3n) is 6.96. The summed E-state index contributed by atoms with van der Waals surface area (Å²) in [4.78, 5) is 16.7. The van der Waals surface area contributed by atoms with Gasteiger partial charge in [0, 0.05) is 73.1 Å². The van der Waals surface area contributed by atoms with Crippen LogP contribution in [0.3, 0.4) is 0 Å². The molecule has 0 atom stereocenters. The summed E-state index contributed by atoms with van der Waals surface area (Å²) in [5.41, 5.74) is 9.74. The van der Waals surface area contributed by atoms with Gasteiger partial charge in [-0.25, -0.2) is 8.78 Å². The number of hydrogen-bond donors (Lipinski definition) is 5. The predicted molar refractivity (Wildman–Crippen MR) is 146 cm³/mol. The van der Waals surface area contributed by atoms with E-state index < -0.39 is 6.43 Å². The molecule has 2 heterocycles. The number of allylic oxidation sites excluding steroid dienone is 1. The van der Waals surface area contributed by atoms with Crippen molar-refractivity contribution in [3.63, 3.8) is 0 Å². The number of aliphatic imine (C=N–C) groups is 1. The first-order valence-electron chi connectivity index (χ1n) is 13.0. The number of carbonyl (C=O) groups excluding carboxylic acids is 1. The third kappa shape index (κ3) is 6.94. The molecule has 0 radical (unpaired) electrons. The van der Waals surface area contributed by atoms with Crippen molar-refractivity contribution in [1.29, 1.82) is 5.41 Å². The molecule has 202 valence electrons. The maximum Gasteiger partial charge on any atom is 0.264 e. The van der Waals surface area contributed by atoms with Gasteiger partial charge in [0.05, 0.1) is 0 Å². The number of fused-ring (bicyclic) bond motifs is 1. The fourth-order valence-electron chi connectivity index (χ4n) is 5.12. The van der Waals surface area contributed by atoms with Crippen molar-refractivity contribution in [2.75, 3.05) is 38.1 Å². The Balaban J connectivity index is 2.03. The van der Waals surface area contributed by atoms with Crippen LogP contribution in [0.4, 0.5) is 14.5 Å². The molecule has 3 rings (SSSR count). The minimum atomic E-state index is -2.70. The van der Waals surface area contributed by atoms with Gasteiger partial charge in [-0.15, -0.1) is 0 Å². The van der Waals surface area contributed by atoms with Gasteiger partial charge in [-0.3, -0.25) is 15.2 Å². The molecule has 1 fully saturated rings. The fraction of sp³-hybridized carbons (Fsp3) is 0.519. The van der Waals surface area contributed by atoms with E-state index in [1.165, 1.54) is 18.5 Å². The molecule has 0 saturated carbocycles. The molecule has 0 aliphatic carbocycles. The van der Waals surface area contributed by atoms with E-state index in [1.54, 1.807) is 13.1 Å². The van der Waals surface area contributed by atoms with Gasteiger partial charge in [-0.05, 0) is 68.5 Å². The molecule has 10 heteroatoms. The lowest BCUT2D eigenvalue weighted by Crippen LogP contribution is -2.42. The van der Waals surface area contributed by atoms with Crippen molar-refractivity contribution in [3.05, 3.63) is 46.3 Å². The summed E-state index contributed by atoms with van der Waals surface area (Å²) < 4.78 is 28.4. The number of carbonyl (C=O) groups is 1. The number of nitrogens with zero attached hydrogens (tertiary/aromatic N) is 2. The standard InChI is InChI=1S/C27H39F2N7O/c1-3-21(24(8-11-34-17-37)35-20-6-9-33-10-7-20)27(31)36-12-4-5-18-13-22(19(15-30)16-32-2)23(26(28)29)14-25(18)36/h13-17,20,26,31,33,35H,3-12,30H2,1-2H3,(H,34,37)/b19-15+,24-21-,31-27?,32-16?. The summed E-state index contributed by atoms with van der Waals surface area (Å²) in [5, 5.41) is 18.9. The lowest BCUT2D eigenvalue weighted by Gasteiger charge is -2.35. The van der Waals surface area contributed by atoms with Crippen LogP contribution in [0.25, 0.3) is 5.57 Å². The number of nitrogens with one attached hydrogen (secondary N) is 4. The van der Waals surface area contributed by atoms with Gasteiger partial charge in [-0.2, -0.15) is 0 Å². The number of hydrogen-bond acceptors (Lipinski definition) is 6. The summed E-state index contributed by atoms with van der Waals surface area (Å²) in [6.07, 6.45) is 5.40. The highest BCUT2D eigenvalue weighted by molar-refractivity contribution is 6.11. The molecule has 0 unspecified atom stereocenters. The second-order valence-electron chi connectivity index (χ2n) is 9.28. The SMILES string of the molecule is CC/C(C(=N)N1CCCc2cc(/C(C=NC)=C/N)c(C(F)F)cc21)=C(\CCNC=O)NC1CCNCC1. The van der Waals surface area contributed by atoms with Crippen molar-refractivity contribution < 1.29 is 13.6 Å². The minimum Gasteiger partial charge on any atom is -0.404 e. The molecule has 37 heavy (non-hydrogen) atoms. The highest BCUT2D eigenvalue weighted by atomic mass is 19.3. The number of amidine groups is 1. The van der Waals surface area contributed by atoms with Crippen molar-refractivity contribution >= 4 is 29.7 Å². The summed E-state index contributed by atoms with van der Waals surface area (Å²) in [5.74, 6) is 0.309. The van der Waals surface area contributed by atoms with Gasteiger partial charge in [0.25, 0.3) is 6.43 Å². The first-order valence-corrected chi connectivity index (χ1v) is 13.0. The van der Waals surface area contributed by atoms with E-state index in [4.69, 9.17) is 5.73 Å². The predicted octanol–water partition coefficient (Wildman–Crippen LogP) is 3.50. The highest BCUT2D eigenvalue weighted by Gasteiger charge is 2.28. The van der Waals surface area contributed by atoms with Crippen LogP contribution in [-0.4, -0.2) is 57.7 Å². The Morgan fingerprint density at radius 3 is 2.73 bits per heavy atom. The molecule has 1 aromatic rings. The van der Waals surface area contributed by atoms with E-state index >= 15 is 0 Å². The number of rotatable bonds is 11. The van der Waals surface area contributed by atoms with Crippen LogP contribution in [-0.2, 0) is 11.2 Å². The van der Waals surface area contributed by atoms with E-state index in [0.29, 0.717) is 55.0 Å². The molecule has 1 saturated heterocycles. The van der Waals surface area contributed by atoms with Crippen LogP contribution in [0.1, 0.15) is 62.1 Å². The lowest BCUT2D eigenvalue weighted by atomic mass is 9.91. The van der Waals surface area contributed by atoms with E-state index in [0.717, 1.165) is 55.6 Å². The van der Waals surface area contributed by atoms with Gasteiger partial charge in [0.2, 0.25) is 6.41 Å². The van der Waals surface area contributed by atoms with Crippen LogP contribution in [0.2, 0.25) is 0 Å². The molecular weight excluding hydrogens is 476 g/mol. The second-order valence-corrected chi connectivity index (χ2v) is 9.28. The molecule has 2 aliphatic heterocycles. The van der Waals surface area contributed by atoms with E-state index in [9.17, 15) is 19.0 Å². The molecule has 2 aliphatic rings. The van der Waals surface area contributed by atoms with E-state index in [-0.39, 0.29) is 11.6 Å². The molecular formula is C27H39F2N7O.